The Morgan fingerprint density at radius 1 is 1.15 bits per heavy atom. The lowest BCUT2D eigenvalue weighted by Gasteiger charge is -2.25. The van der Waals surface area contributed by atoms with Gasteiger partial charge in [-0.05, 0) is 31.0 Å². The number of phenolic OH excluding ortho intramolecular Hbond substituents is 2. The molecule has 106 valence electrons. The van der Waals surface area contributed by atoms with E-state index in [0.717, 1.165) is 25.7 Å². The summed E-state index contributed by atoms with van der Waals surface area (Å²) in [6.45, 7) is 0. The Morgan fingerprint density at radius 2 is 1.95 bits per heavy atom. The smallest absolute Gasteiger partial charge is 0.231 e. The second-order valence-electron chi connectivity index (χ2n) is 5.21. The molecule has 0 bridgehead atoms. The van der Waals surface area contributed by atoms with Crippen LogP contribution in [0.3, 0.4) is 0 Å². The maximum atomic E-state index is 9.50. The monoisotopic (exact) mass is 275 g/mol. The Bertz CT molecular complexity index is 611. The van der Waals surface area contributed by atoms with Gasteiger partial charge in [-0.3, -0.25) is 0 Å². The average Bonchev–Trinajstić information content (AvgIpc) is 2.92. The standard InChI is InChI=1S/C14H17N3O3/c15-10-4-2-1-3-9(10)14-16-13(17-20-14)8-5-6-11(18)12(19)7-8/h5-7,9-10,18-19H,1-4,15H2. The lowest BCUT2D eigenvalue weighted by Crippen LogP contribution is -2.31. The van der Waals surface area contributed by atoms with Crippen molar-refractivity contribution in [3.63, 3.8) is 0 Å². The van der Waals surface area contributed by atoms with Crippen molar-refractivity contribution in [3.05, 3.63) is 24.1 Å². The van der Waals surface area contributed by atoms with E-state index in [4.69, 9.17) is 10.3 Å². The van der Waals surface area contributed by atoms with Crippen molar-refractivity contribution in [2.75, 3.05) is 0 Å². The van der Waals surface area contributed by atoms with Crippen LogP contribution in [-0.2, 0) is 0 Å². The van der Waals surface area contributed by atoms with Crippen molar-refractivity contribution in [3.8, 4) is 22.9 Å². The highest BCUT2D eigenvalue weighted by Crippen LogP contribution is 2.33. The van der Waals surface area contributed by atoms with Crippen LogP contribution in [0.15, 0.2) is 22.7 Å². The van der Waals surface area contributed by atoms with Gasteiger partial charge in [-0.2, -0.15) is 4.98 Å². The Kier molecular flexibility index (Phi) is 3.31. The number of rotatable bonds is 2. The van der Waals surface area contributed by atoms with E-state index in [2.05, 4.69) is 10.1 Å². The summed E-state index contributed by atoms with van der Waals surface area (Å²) in [5, 5.41) is 22.7. The van der Waals surface area contributed by atoms with Crippen LogP contribution in [0.25, 0.3) is 11.4 Å². The fraction of sp³-hybridized carbons (Fsp3) is 0.429. The molecular weight excluding hydrogens is 258 g/mol. The minimum atomic E-state index is -0.205. The summed E-state index contributed by atoms with van der Waals surface area (Å²) >= 11 is 0. The van der Waals surface area contributed by atoms with Crippen molar-refractivity contribution >= 4 is 0 Å². The van der Waals surface area contributed by atoms with Crippen LogP contribution < -0.4 is 5.73 Å². The molecule has 1 saturated carbocycles. The molecule has 6 heteroatoms. The third-order valence-electron chi connectivity index (χ3n) is 3.81. The van der Waals surface area contributed by atoms with Gasteiger partial charge in [-0.15, -0.1) is 0 Å². The van der Waals surface area contributed by atoms with Crippen LogP contribution in [-0.4, -0.2) is 26.4 Å². The van der Waals surface area contributed by atoms with Gasteiger partial charge in [-0.1, -0.05) is 18.0 Å². The number of phenols is 2. The number of benzene rings is 1. The first kappa shape index (κ1) is 12.9. The van der Waals surface area contributed by atoms with E-state index < -0.39 is 0 Å². The third kappa shape index (κ3) is 2.34. The van der Waals surface area contributed by atoms with Crippen molar-refractivity contribution in [1.29, 1.82) is 0 Å². The summed E-state index contributed by atoms with van der Waals surface area (Å²) in [4.78, 5) is 4.37. The molecule has 1 heterocycles. The van der Waals surface area contributed by atoms with Gasteiger partial charge in [0.1, 0.15) is 0 Å². The highest BCUT2D eigenvalue weighted by atomic mass is 16.5. The fourth-order valence-corrected chi connectivity index (χ4v) is 2.63. The molecule has 20 heavy (non-hydrogen) atoms. The molecule has 1 aliphatic rings. The van der Waals surface area contributed by atoms with E-state index in [-0.39, 0.29) is 23.5 Å². The topological polar surface area (TPSA) is 105 Å². The first-order valence-electron chi connectivity index (χ1n) is 6.76. The Labute approximate surface area is 116 Å². The van der Waals surface area contributed by atoms with Gasteiger partial charge in [0.05, 0.1) is 5.92 Å². The molecule has 1 aromatic heterocycles. The molecule has 0 amide bonds. The van der Waals surface area contributed by atoms with Crippen molar-refractivity contribution in [2.45, 2.75) is 37.6 Å². The predicted molar refractivity (Wildman–Crippen MR) is 72.2 cm³/mol. The van der Waals surface area contributed by atoms with E-state index in [9.17, 15) is 10.2 Å². The summed E-state index contributed by atoms with van der Waals surface area (Å²) in [6, 6.07) is 4.49. The largest absolute Gasteiger partial charge is 0.504 e. The van der Waals surface area contributed by atoms with Crippen LogP contribution in [0.4, 0.5) is 0 Å². The van der Waals surface area contributed by atoms with Gasteiger partial charge >= 0.3 is 0 Å². The summed E-state index contributed by atoms with van der Waals surface area (Å²) in [6.07, 6.45) is 4.20. The molecular formula is C14H17N3O3. The van der Waals surface area contributed by atoms with E-state index in [1.54, 1.807) is 6.07 Å². The first-order chi connectivity index (χ1) is 9.65. The maximum Gasteiger partial charge on any atom is 0.231 e. The van der Waals surface area contributed by atoms with Crippen molar-refractivity contribution in [1.82, 2.24) is 10.1 Å². The minimum absolute atomic E-state index is 0.0604. The predicted octanol–water partition coefficient (Wildman–Crippen LogP) is 2.13. The lowest BCUT2D eigenvalue weighted by atomic mass is 9.85. The molecule has 0 saturated heterocycles. The molecule has 0 radical (unpaired) electrons. The van der Waals surface area contributed by atoms with Crippen LogP contribution in [0.2, 0.25) is 0 Å². The molecule has 2 atom stereocenters. The second kappa shape index (κ2) is 5.13. The number of aromatic nitrogens is 2. The highest BCUT2D eigenvalue weighted by Gasteiger charge is 2.28. The zero-order valence-electron chi connectivity index (χ0n) is 11.0. The van der Waals surface area contributed by atoms with Crippen LogP contribution in [0, 0.1) is 0 Å². The Morgan fingerprint density at radius 3 is 2.70 bits per heavy atom. The van der Waals surface area contributed by atoms with Crippen LogP contribution in [0.1, 0.15) is 37.5 Å². The lowest BCUT2D eigenvalue weighted by molar-refractivity contribution is 0.290. The van der Waals surface area contributed by atoms with Crippen LogP contribution >= 0.6 is 0 Å². The molecule has 1 fully saturated rings. The summed E-state index contributed by atoms with van der Waals surface area (Å²) < 4.78 is 5.31. The van der Waals surface area contributed by atoms with Gasteiger partial charge in [0.25, 0.3) is 0 Å². The number of hydrogen-bond acceptors (Lipinski definition) is 6. The van der Waals surface area contributed by atoms with Gasteiger partial charge in [0, 0.05) is 11.6 Å². The molecule has 0 spiro atoms. The SMILES string of the molecule is NC1CCCCC1c1nc(-c2ccc(O)c(O)c2)no1. The van der Waals surface area contributed by atoms with E-state index in [1.807, 2.05) is 0 Å². The van der Waals surface area contributed by atoms with E-state index >= 15 is 0 Å². The zero-order valence-corrected chi connectivity index (χ0v) is 11.0. The van der Waals surface area contributed by atoms with Gasteiger partial charge in [0.15, 0.2) is 11.5 Å². The summed E-state index contributed by atoms with van der Waals surface area (Å²) in [5.74, 6) is 0.679. The van der Waals surface area contributed by atoms with E-state index in [1.165, 1.54) is 12.1 Å². The Hall–Kier alpha value is -2.08. The molecule has 2 unspecified atom stereocenters. The maximum absolute atomic E-state index is 9.50. The zero-order chi connectivity index (χ0) is 14.1. The Balaban J connectivity index is 1.87. The number of hydrogen-bond donors (Lipinski definition) is 3. The van der Waals surface area contributed by atoms with Crippen molar-refractivity contribution < 1.29 is 14.7 Å². The molecule has 6 nitrogen and oxygen atoms in total. The molecule has 4 N–H and O–H groups in total. The molecule has 1 aromatic carbocycles. The minimum Gasteiger partial charge on any atom is -0.504 e. The molecule has 2 aromatic rings. The number of aromatic hydroxyl groups is 2. The summed E-state index contributed by atoms with van der Waals surface area (Å²) in [7, 11) is 0. The highest BCUT2D eigenvalue weighted by molar-refractivity contribution is 5.59. The van der Waals surface area contributed by atoms with Gasteiger partial charge in [0.2, 0.25) is 11.7 Å². The quantitative estimate of drug-likeness (QED) is 0.725. The molecule has 0 aliphatic heterocycles. The molecule has 1 aliphatic carbocycles. The first-order valence-corrected chi connectivity index (χ1v) is 6.76. The fourth-order valence-electron chi connectivity index (χ4n) is 2.63. The number of nitrogens with two attached hydrogens (primary N) is 1. The molecule has 3 rings (SSSR count). The van der Waals surface area contributed by atoms with Gasteiger partial charge < -0.3 is 20.5 Å². The van der Waals surface area contributed by atoms with E-state index in [0.29, 0.717) is 17.3 Å². The second-order valence-corrected chi connectivity index (χ2v) is 5.21. The van der Waals surface area contributed by atoms with Crippen molar-refractivity contribution in [2.24, 2.45) is 5.73 Å². The normalized spacial score (nSPS) is 22.9. The van der Waals surface area contributed by atoms with Crippen LogP contribution in [0.5, 0.6) is 11.5 Å². The van der Waals surface area contributed by atoms with Gasteiger partial charge in [-0.25, -0.2) is 0 Å². The third-order valence-corrected chi connectivity index (χ3v) is 3.81. The summed E-state index contributed by atoms with van der Waals surface area (Å²) in [5.41, 5.74) is 6.70. The number of nitrogens with zero attached hydrogens (tertiary/aromatic N) is 2. The average molecular weight is 275 g/mol.